The van der Waals surface area contributed by atoms with Crippen molar-refractivity contribution in [1.29, 1.82) is 0 Å². The van der Waals surface area contributed by atoms with Crippen LogP contribution in [0.5, 0.6) is 0 Å². The Bertz CT molecular complexity index is 959. The maximum atomic E-state index is 12.7. The van der Waals surface area contributed by atoms with Gasteiger partial charge in [0.1, 0.15) is 18.3 Å². The van der Waals surface area contributed by atoms with Crippen molar-refractivity contribution in [3.8, 4) is 0 Å². The van der Waals surface area contributed by atoms with Crippen LogP contribution in [0.2, 0.25) is 0 Å². The van der Waals surface area contributed by atoms with E-state index in [-0.39, 0.29) is 41.3 Å². The first kappa shape index (κ1) is 30.2. The Morgan fingerprint density at radius 1 is 0.900 bits per heavy atom. The van der Waals surface area contributed by atoms with E-state index in [1.54, 1.807) is 0 Å². The van der Waals surface area contributed by atoms with Crippen LogP contribution in [0.4, 0.5) is 0 Å². The lowest BCUT2D eigenvalue weighted by Crippen LogP contribution is -2.60. The lowest BCUT2D eigenvalue weighted by Gasteiger charge is -2.62. The van der Waals surface area contributed by atoms with Crippen LogP contribution in [0.25, 0.3) is 0 Å². The number of aliphatic hydroxyl groups is 5. The number of aliphatic carboxylic acids is 1. The van der Waals surface area contributed by atoms with E-state index in [1.807, 2.05) is 0 Å². The zero-order valence-electron chi connectivity index (χ0n) is 23.9. The molecule has 15 atom stereocenters. The molecule has 6 N–H and O–H groups in total. The highest BCUT2D eigenvalue weighted by atomic mass is 16.7. The summed E-state index contributed by atoms with van der Waals surface area (Å²) in [6, 6.07) is 0. The monoisotopic (exact) mass is 568 g/mol. The molecule has 10 nitrogen and oxygen atoms in total. The van der Waals surface area contributed by atoms with Gasteiger partial charge in [0.2, 0.25) is 6.29 Å². The van der Waals surface area contributed by atoms with E-state index in [0.29, 0.717) is 30.1 Å². The molecule has 0 aromatic heterocycles. The summed E-state index contributed by atoms with van der Waals surface area (Å²) in [4.78, 5) is 24.0. The van der Waals surface area contributed by atoms with Crippen LogP contribution in [0.3, 0.4) is 0 Å². The summed E-state index contributed by atoms with van der Waals surface area (Å²) in [6.45, 7) is 6.93. The average molecular weight is 569 g/mol. The van der Waals surface area contributed by atoms with Gasteiger partial charge in [-0.1, -0.05) is 20.8 Å². The van der Waals surface area contributed by atoms with Crippen molar-refractivity contribution in [3.05, 3.63) is 0 Å². The van der Waals surface area contributed by atoms with Crippen molar-refractivity contribution in [2.45, 2.75) is 128 Å². The largest absolute Gasteiger partial charge is 0.479 e. The molecule has 0 spiro atoms. The summed E-state index contributed by atoms with van der Waals surface area (Å²) in [6.07, 6.45) is -1.15. The van der Waals surface area contributed by atoms with Crippen LogP contribution < -0.4 is 0 Å². The van der Waals surface area contributed by atoms with E-state index in [9.17, 15) is 40.2 Å². The quantitative estimate of drug-likeness (QED) is 0.259. The third-order valence-corrected chi connectivity index (χ3v) is 12.3. The number of ether oxygens (including phenoxy) is 2. The first-order valence-electron chi connectivity index (χ1n) is 15.3. The van der Waals surface area contributed by atoms with Crippen LogP contribution in [0.15, 0.2) is 0 Å². The summed E-state index contributed by atoms with van der Waals surface area (Å²) < 4.78 is 10.3. The summed E-state index contributed by atoms with van der Waals surface area (Å²) >= 11 is 0. The first-order valence-corrected chi connectivity index (χ1v) is 15.3. The maximum Gasteiger partial charge on any atom is 0.335 e. The van der Waals surface area contributed by atoms with Gasteiger partial charge in [0.25, 0.3) is 0 Å². The summed E-state index contributed by atoms with van der Waals surface area (Å²) in [5.41, 5.74) is 0.243. The number of rotatable bonds is 6. The van der Waals surface area contributed by atoms with E-state index < -0.39 is 42.6 Å². The molecular formula is C30H48O10. The molecule has 1 saturated heterocycles. The molecule has 0 aromatic carbocycles. The van der Waals surface area contributed by atoms with Crippen LogP contribution >= 0.6 is 0 Å². The van der Waals surface area contributed by atoms with Crippen molar-refractivity contribution in [1.82, 2.24) is 0 Å². The number of carbonyl (C=O) groups excluding carboxylic acids is 1. The zero-order chi connectivity index (χ0) is 29.1. The van der Waals surface area contributed by atoms with Gasteiger partial charge in [-0.3, -0.25) is 4.79 Å². The Hall–Kier alpha value is -1.30. The van der Waals surface area contributed by atoms with Gasteiger partial charge in [0.15, 0.2) is 6.10 Å². The zero-order valence-corrected chi connectivity index (χ0v) is 23.9. The lowest BCUT2D eigenvalue weighted by molar-refractivity contribution is -0.286. The number of aliphatic hydroxyl groups excluding tert-OH is 5. The topological polar surface area (TPSA) is 174 Å². The molecule has 40 heavy (non-hydrogen) atoms. The van der Waals surface area contributed by atoms with Crippen molar-refractivity contribution < 1.29 is 49.7 Å². The van der Waals surface area contributed by atoms with E-state index >= 15 is 0 Å². The Morgan fingerprint density at radius 3 is 2.27 bits per heavy atom. The van der Waals surface area contributed by atoms with Crippen molar-refractivity contribution in [2.75, 3.05) is 0 Å². The Morgan fingerprint density at radius 2 is 1.57 bits per heavy atom. The summed E-state index contributed by atoms with van der Waals surface area (Å²) in [5.74, 6) is -0.0366. The normalized spacial score (nSPS) is 51.2. The SMILES string of the molecule is C[C@H](CCC(=O)O[C@H]1O[C@H](C(=O)O)[C@H](O)[C@@H](O)[C@H]1O)[C@H]1CC[C@H]2[C@H]3[C@@H](O)C[C@@H]4C[C@H](O)CC[C@]4(C)[C@H]3CC[C@]12C. The first-order chi connectivity index (χ1) is 18.8. The summed E-state index contributed by atoms with van der Waals surface area (Å²) in [5, 5.41) is 60.9. The van der Waals surface area contributed by atoms with Crippen LogP contribution in [0.1, 0.15) is 85.0 Å². The minimum absolute atomic E-state index is 0.0537. The van der Waals surface area contributed by atoms with E-state index in [0.717, 1.165) is 51.4 Å². The second kappa shape index (κ2) is 11.1. The Balaban J connectivity index is 1.20. The molecule has 0 aromatic rings. The number of carbonyl (C=O) groups is 2. The molecule has 1 aliphatic heterocycles. The maximum absolute atomic E-state index is 12.7. The van der Waals surface area contributed by atoms with Gasteiger partial charge in [-0.15, -0.1) is 0 Å². The van der Waals surface area contributed by atoms with Gasteiger partial charge >= 0.3 is 11.9 Å². The number of carboxylic acid groups (broad SMARTS) is 1. The number of esters is 1. The molecule has 0 amide bonds. The molecule has 4 aliphatic carbocycles. The number of carboxylic acids is 1. The molecule has 0 bridgehead atoms. The Kier molecular flexibility index (Phi) is 8.36. The van der Waals surface area contributed by atoms with Crippen LogP contribution in [-0.4, -0.2) is 85.5 Å². The third-order valence-electron chi connectivity index (χ3n) is 12.3. The van der Waals surface area contributed by atoms with Gasteiger partial charge in [0.05, 0.1) is 12.2 Å². The van der Waals surface area contributed by atoms with Gasteiger partial charge in [-0.05, 0) is 104 Å². The van der Waals surface area contributed by atoms with Gasteiger partial charge in [-0.25, -0.2) is 4.79 Å². The van der Waals surface area contributed by atoms with Crippen LogP contribution in [-0.2, 0) is 19.1 Å². The minimum atomic E-state index is -1.84. The van der Waals surface area contributed by atoms with E-state index in [1.165, 1.54) is 0 Å². The smallest absolute Gasteiger partial charge is 0.335 e. The highest BCUT2D eigenvalue weighted by molar-refractivity contribution is 5.73. The average Bonchev–Trinajstić information content (AvgIpc) is 3.25. The van der Waals surface area contributed by atoms with Crippen molar-refractivity contribution in [2.24, 2.45) is 46.3 Å². The fraction of sp³-hybridized carbons (Fsp3) is 0.933. The second-order valence-corrected chi connectivity index (χ2v) is 14.2. The molecule has 0 radical (unpaired) electrons. The summed E-state index contributed by atoms with van der Waals surface area (Å²) in [7, 11) is 0. The third kappa shape index (κ3) is 5.00. The molecule has 0 unspecified atom stereocenters. The Labute approximate surface area is 236 Å². The molecule has 4 saturated carbocycles. The fourth-order valence-corrected chi connectivity index (χ4v) is 10.1. The van der Waals surface area contributed by atoms with Crippen molar-refractivity contribution >= 4 is 11.9 Å². The molecule has 5 fully saturated rings. The lowest BCUT2D eigenvalue weighted by atomic mass is 9.43. The molecular weight excluding hydrogens is 520 g/mol. The molecule has 5 rings (SSSR count). The molecule has 5 aliphatic rings. The predicted octanol–water partition coefficient (Wildman–Crippen LogP) is 1.83. The number of hydrogen-bond acceptors (Lipinski definition) is 9. The van der Waals surface area contributed by atoms with E-state index in [2.05, 4.69) is 20.8 Å². The fourth-order valence-electron chi connectivity index (χ4n) is 10.1. The highest BCUT2D eigenvalue weighted by Crippen LogP contribution is 2.68. The standard InChI is InChI=1S/C30H48O10/c1-14(4-7-21(33)39-28-25(36)23(34)24(35)26(40-28)27(37)38)17-5-6-18-22-19(9-11-30(17,18)3)29(2)10-8-16(31)12-15(29)13-20(22)32/h14-20,22-26,28,31-32,34-36H,4-13H2,1-3H3,(H,37,38)/t14-,15+,16-,17-,18+,19+,20+,22-,23-,24-,25-,26+,28+,29+,30-/m1/s1. The number of fused-ring (bicyclic) bond motifs is 5. The van der Waals surface area contributed by atoms with Crippen molar-refractivity contribution in [3.63, 3.8) is 0 Å². The van der Waals surface area contributed by atoms with E-state index in [4.69, 9.17) is 9.47 Å². The van der Waals surface area contributed by atoms with Gasteiger partial charge in [-0.2, -0.15) is 0 Å². The van der Waals surface area contributed by atoms with Crippen LogP contribution in [0, 0.1) is 46.3 Å². The predicted molar refractivity (Wildman–Crippen MR) is 141 cm³/mol. The highest BCUT2D eigenvalue weighted by Gasteiger charge is 2.63. The molecule has 10 heteroatoms. The molecule has 228 valence electrons. The molecule has 1 heterocycles. The second-order valence-electron chi connectivity index (χ2n) is 14.2. The minimum Gasteiger partial charge on any atom is -0.479 e. The number of hydrogen-bond donors (Lipinski definition) is 6. The van der Waals surface area contributed by atoms with Gasteiger partial charge < -0.3 is 40.1 Å². The van der Waals surface area contributed by atoms with Gasteiger partial charge in [0, 0.05) is 6.42 Å².